The van der Waals surface area contributed by atoms with Gasteiger partial charge in [-0.1, -0.05) is 180 Å². The van der Waals surface area contributed by atoms with E-state index in [4.69, 9.17) is 28.4 Å². The molecule has 0 aromatic rings. The quantitative estimate of drug-likeness (QED) is 0.0229. The number of rotatable bonds is 44. The summed E-state index contributed by atoms with van der Waals surface area (Å²) < 4.78 is 34.1. The number of hydrogen-bond donors (Lipinski definition) is 12. The van der Waals surface area contributed by atoms with Crippen LogP contribution in [-0.4, -0.2) is 193 Å². The topological polar surface area (TPSA) is 307 Å². The first-order valence-corrected chi connectivity index (χ1v) is 31.3. The molecular weight excluding hydrogens is 1090 g/mol. The minimum Gasteiger partial charge on any atom is -0.394 e. The molecule has 0 aromatic heterocycles. The van der Waals surface area contributed by atoms with E-state index in [-0.39, 0.29) is 18.9 Å². The first kappa shape index (κ1) is 75.4. The third kappa shape index (κ3) is 30.3. The first-order chi connectivity index (χ1) is 41.3. The molecule has 19 heteroatoms. The van der Waals surface area contributed by atoms with Crippen LogP contribution in [-0.2, 0) is 33.2 Å². The van der Waals surface area contributed by atoms with E-state index in [1.165, 1.54) is 6.42 Å². The zero-order chi connectivity index (χ0) is 61.9. The molecule has 484 valence electrons. The molecule has 3 rings (SSSR count). The van der Waals surface area contributed by atoms with Crippen LogP contribution in [0.2, 0.25) is 0 Å². The molecule has 0 bridgehead atoms. The van der Waals surface area contributed by atoms with E-state index >= 15 is 0 Å². The van der Waals surface area contributed by atoms with Crippen molar-refractivity contribution in [2.24, 2.45) is 0 Å². The van der Waals surface area contributed by atoms with Crippen molar-refractivity contribution in [1.29, 1.82) is 0 Å². The van der Waals surface area contributed by atoms with Gasteiger partial charge >= 0.3 is 0 Å². The lowest BCUT2D eigenvalue weighted by atomic mass is 9.96. The summed E-state index contributed by atoms with van der Waals surface area (Å²) in [6, 6.07) is -1.000. The van der Waals surface area contributed by atoms with Crippen LogP contribution in [0.15, 0.2) is 122 Å². The number of carbonyl (C=O) groups excluding carboxylic acids is 1. The van der Waals surface area contributed by atoms with E-state index in [2.05, 4.69) is 129 Å². The second-order valence-electron chi connectivity index (χ2n) is 21.8. The molecule has 17 atom stereocenters. The summed E-state index contributed by atoms with van der Waals surface area (Å²) in [5.74, 6) is -0.306. The molecule has 19 nitrogen and oxygen atoms in total. The number of amides is 1. The molecule has 17 unspecified atom stereocenters. The molecule has 0 saturated carbocycles. The van der Waals surface area contributed by atoms with Gasteiger partial charge in [0.05, 0.1) is 38.6 Å². The Hall–Kier alpha value is -3.81. The molecule has 0 aliphatic carbocycles. The zero-order valence-electron chi connectivity index (χ0n) is 50.5. The maximum atomic E-state index is 13.3. The number of hydrogen-bond acceptors (Lipinski definition) is 18. The van der Waals surface area contributed by atoms with Gasteiger partial charge < -0.3 is 89.9 Å². The number of carbonyl (C=O) groups is 1. The molecule has 12 N–H and O–H groups in total. The summed E-state index contributed by atoms with van der Waals surface area (Å²) in [5, 5.41) is 120. The second-order valence-corrected chi connectivity index (χ2v) is 21.8. The normalized spacial score (nSPS) is 29.8. The molecule has 3 saturated heterocycles. The van der Waals surface area contributed by atoms with E-state index in [1.807, 2.05) is 0 Å². The molecule has 85 heavy (non-hydrogen) atoms. The fourth-order valence-corrected chi connectivity index (χ4v) is 9.64. The Morgan fingerprint density at radius 1 is 0.435 bits per heavy atom. The van der Waals surface area contributed by atoms with Crippen molar-refractivity contribution >= 4 is 5.91 Å². The number of allylic oxidation sites excluding steroid dienone is 19. The lowest BCUT2D eigenvalue weighted by Gasteiger charge is -2.48. The Morgan fingerprint density at radius 2 is 0.824 bits per heavy atom. The number of nitrogens with one attached hydrogen (secondary N) is 1. The summed E-state index contributed by atoms with van der Waals surface area (Å²) in [6.07, 6.45) is 36.7. The highest BCUT2D eigenvalue weighted by atomic mass is 16.8. The van der Waals surface area contributed by atoms with Crippen LogP contribution >= 0.6 is 0 Å². The lowest BCUT2D eigenvalue weighted by molar-refractivity contribution is -0.379. The largest absolute Gasteiger partial charge is 0.394 e. The van der Waals surface area contributed by atoms with E-state index < -0.39 is 124 Å². The Labute approximate surface area is 506 Å². The SMILES string of the molecule is CC/C=C\C/C=C\C/C=C\C/C=C\C/C=C\C/C=C\C/C=C\C/C=C\CCCCCCCCCCC(=O)NC(COC1OC(CO)C(OC2OC(CO)C(OC3OC(CO)C(O)C(O)C3O)C(O)C2O)C(O)C1O)C(O)/C=C/CC/C=C/CCC. The minimum atomic E-state index is -1.99. The number of ether oxygens (including phenoxy) is 6. The molecule has 0 radical (unpaired) electrons. The van der Waals surface area contributed by atoms with Crippen molar-refractivity contribution in [2.75, 3.05) is 26.4 Å². The number of unbranched alkanes of at least 4 members (excludes halogenated alkanes) is 10. The monoisotopic (exact) mass is 1200 g/mol. The number of aliphatic hydroxyl groups is 11. The Morgan fingerprint density at radius 3 is 1.31 bits per heavy atom. The van der Waals surface area contributed by atoms with E-state index in [0.717, 1.165) is 116 Å². The van der Waals surface area contributed by atoms with Crippen LogP contribution in [0.3, 0.4) is 0 Å². The maximum absolute atomic E-state index is 13.3. The highest BCUT2D eigenvalue weighted by molar-refractivity contribution is 5.76. The van der Waals surface area contributed by atoms with Gasteiger partial charge in [0.25, 0.3) is 0 Å². The predicted octanol–water partition coefficient (Wildman–Crippen LogP) is 6.48. The Bertz CT molecular complexity index is 2020. The van der Waals surface area contributed by atoms with E-state index in [9.17, 15) is 61.0 Å². The average Bonchev–Trinajstić information content (AvgIpc) is 3.70. The van der Waals surface area contributed by atoms with E-state index in [0.29, 0.717) is 12.8 Å². The molecule has 0 aromatic carbocycles. The zero-order valence-corrected chi connectivity index (χ0v) is 50.5. The van der Waals surface area contributed by atoms with Gasteiger partial charge in [0.1, 0.15) is 73.2 Å². The summed E-state index contributed by atoms with van der Waals surface area (Å²) in [5.41, 5.74) is 0. The predicted molar refractivity (Wildman–Crippen MR) is 327 cm³/mol. The molecule has 1 amide bonds. The van der Waals surface area contributed by atoms with Crippen LogP contribution in [0.25, 0.3) is 0 Å². The van der Waals surface area contributed by atoms with Gasteiger partial charge in [-0.25, -0.2) is 0 Å². The smallest absolute Gasteiger partial charge is 0.220 e. The Balaban J connectivity index is 1.35. The summed E-state index contributed by atoms with van der Waals surface area (Å²) in [6.45, 7) is 1.42. The molecule has 3 aliphatic heterocycles. The third-order valence-corrected chi connectivity index (χ3v) is 14.7. The fraction of sp³-hybridized carbons (Fsp3) is 0.682. The van der Waals surface area contributed by atoms with Gasteiger partial charge in [-0.05, 0) is 89.9 Å². The fourth-order valence-electron chi connectivity index (χ4n) is 9.64. The van der Waals surface area contributed by atoms with Gasteiger partial charge in [0.2, 0.25) is 5.91 Å². The van der Waals surface area contributed by atoms with Crippen molar-refractivity contribution in [1.82, 2.24) is 5.32 Å². The van der Waals surface area contributed by atoms with Crippen molar-refractivity contribution in [3.8, 4) is 0 Å². The molecule has 0 spiro atoms. The average molecular weight is 1200 g/mol. The van der Waals surface area contributed by atoms with Crippen LogP contribution < -0.4 is 5.32 Å². The van der Waals surface area contributed by atoms with Crippen LogP contribution in [0.5, 0.6) is 0 Å². The summed E-state index contributed by atoms with van der Waals surface area (Å²) >= 11 is 0. The Kier molecular flexibility index (Phi) is 41.9. The molecular formula is C66H107NO18. The molecule has 3 fully saturated rings. The highest BCUT2D eigenvalue weighted by Crippen LogP contribution is 2.33. The highest BCUT2D eigenvalue weighted by Gasteiger charge is 2.53. The standard InChI is InChI=1S/C66H107NO18/c1-3-5-7-9-11-12-13-14-15-16-17-18-19-20-21-22-23-24-25-26-27-28-29-30-31-32-33-34-35-36-38-40-42-44-54(72)67-49(50(71)43-41-39-37-10-8-6-4-2)48-80-64-60(78)57(75)62(52(46-69)82-64)85-66-61(79)58(76)63(53(47-70)83-66)84-65-59(77)56(74)55(73)51(45-68)81-65/h5,7-8,10-12,14-15,17-18,20-21,23-24,26-27,29-30,41,43,49-53,55-66,68-71,73-79H,3-4,6,9,13,16,19,22,25,28,31-40,42,44-48H2,1-2H3,(H,67,72)/b7-5-,10-8+,12-11-,15-14-,18-17-,21-20-,24-23-,27-26-,30-29-,43-41+. The summed E-state index contributed by atoms with van der Waals surface area (Å²) in [7, 11) is 0. The van der Waals surface area contributed by atoms with Gasteiger partial charge in [0.15, 0.2) is 18.9 Å². The number of aliphatic hydroxyl groups excluding tert-OH is 11. The van der Waals surface area contributed by atoms with Crippen molar-refractivity contribution < 1.29 is 89.4 Å². The van der Waals surface area contributed by atoms with Crippen molar-refractivity contribution in [2.45, 2.75) is 259 Å². The molecule has 3 aliphatic rings. The van der Waals surface area contributed by atoms with Crippen molar-refractivity contribution in [3.63, 3.8) is 0 Å². The van der Waals surface area contributed by atoms with Gasteiger partial charge in [-0.15, -0.1) is 0 Å². The van der Waals surface area contributed by atoms with Crippen LogP contribution in [0.1, 0.15) is 155 Å². The van der Waals surface area contributed by atoms with E-state index in [1.54, 1.807) is 12.2 Å². The van der Waals surface area contributed by atoms with Crippen LogP contribution in [0.4, 0.5) is 0 Å². The van der Waals surface area contributed by atoms with Crippen molar-refractivity contribution in [3.05, 3.63) is 122 Å². The van der Waals surface area contributed by atoms with Gasteiger partial charge in [0, 0.05) is 6.42 Å². The first-order valence-electron chi connectivity index (χ1n) is 31.3. The third-order valence-electron chi connectivity index (χ3n) is 14.7. The molecule has 3 heterocycles. The van der Waals surface area contributed by atoms with Crippen LogP contribution in [0, 0.1) is 0 Å². The maximum Gasteiger partial charge on any atom is 0.220 e. The minimum absolute atomic E-state index is 0.216. The van der Waals surface area contributed by atoms with Gasteiger partial charge in [-0.2, -0.15) is 0 Å². The van der Waals surface area contributed by atoms with Gasteiger partial charge in [-0.3, -0.25) is 4.79 Å². The second kappa shape index (κ2) is 47.2. The summed E-state index contributed by atoms with van der Waals surface area (Å²) in [4.78, 5) is 13.3. The lowest BCUT2D eigenvalue weighted by Crippen LogP contribution is -2.66.